The van der Waals surface area contributed by atoms with Crippen LogP contribution in [0.2, 0.25) is 19.6 Å². The summed E-state index contributed by atoms with van der Waals surface area (Å²) in [4.78, 5) is 0. The Morgan fingerprint density at radius 3 is 2.53 bits per heavy atom. The Balaban J connectivity index is 1.94. The fraction of sp³-hybridized carbons (Fsp3) is 0.875. The zero-order valence-corrected chi connectivity index (χ0v) is 14.1. The van der Waals surface area contributed by atoms with Gasteiger partial charge in [0.2, 0.25) is 0 Å². The summed E-state index contributed by atoms with van der Waals surface area (Å²) < 4.78 is 11.5. The average molecular weight is 283 g/mol. The maximum atomic E-state index is 5.73. The van der Waals surface area contributed by atoms with E-state index >= 15 is 0 Å². The summed E-state index contributed by atoms with van der Waals surface area (Å²) in [5, 5.41) is 0. The molecule has 1 aliphatic heterocycles. The van der Waals surface area contributed by atoms with Gasteiger partial charge in [-0.1, -0.05) is 37.3 Å². The molecule has 2 fully saturated rings. The fourth-order valence-corrected chi connectivity index (χ4v) is 4.82. The van der Waals surface area contributed by atoms with E-state index in [1.807, 2.05) is 0 Å². The molecule has 1 saturated carbocycles. The first-order valence-corrected chi connectivity index (χ1v) is 11.5. The van der Waals surface area contributed by atoms with Crippen LogP contribution >= 0.6 is 0 Å². The van der Waals surface area contributed by atoms with Gasteiger partial charge in [0.05, 0.1) is 21.3 Å². The Morgan fingerprint density at radius 2 is 1.89 bits per heavy atom. The molecule has 1 saturated heterocycles. The Kier molecular flexibility index (Phi) is 4.91. The monoisotopic (exact) mass is 282 g/mol. The van der Waals surface area contributed by atoms with E-state index in [0.29, 0.717) is 0 Å². The van der Waals surface area contributed by atoms with Gasteiger partial charge in [0.1, 0.15) is 0 Å². The molecule has 0 radical (unpaired) electrons. The molecule has 2 aliphatic rings. The molecule has 0 aromatic heterocycles. The maximum Gasteiger partial charge on any atom is 0.165 e. The molecule has 19 heavy (non-hydrogen) atoms. The molecule has 0 aromatic carbocycles. The third kappa shape index (κ3) is 4.73. The first-order chi connectivity index (χ1) is 8.88. The van der Waals surface area contributed by atoms with E-state index in [1.54, 1.807) is 5.57 Å². The van der Waals surface area contributed by atoms with Crippen LogP contribution in [0.3, 0.4) is 0 Å². The minimum Gasteiger partial charge on any atom is -0.348 e. The van der Waals surface area contributed by atoms with E-state index in [0.717, 1.165) is 25.6 Å². The Hall–Kier alpha value is -0.123. The van der Waals surface area contributed by atoms with Crippen LogP contribution in [0.15, 0.2) is 11.3 Å². The number of rotatable bonds is 4. The Morgan fingerprint density at radius 1 is 1.21 bits per heavy atom. The first-order valence-electron chi connectivity index (χ1n) is 7.88. The zero-order valence-electron chi connectivity index (χ0n) is 13.1. The molecule has 110 valence electrons. The lowest BCUT2D eigenvalue weighted by Gasteiger charge is -2.30. The summed E-state index contributed by atoms with van der Waals surface area (Å²) >= 11 is 0. The van der Waals surface area contributed by atoms with Crippen LogP contribution in [-0.4, -0.2) is 27.1 Å². The van der Waals surface area contributed by atoms with Crippen molar-refractivity contribution in [3.63, 3.8) is 0 Å². The van der Waals surface area contributed by atoms with Crippen molar-refractivity contribution in [3.8, 4) is 0 Å². The van der Waals surface area contributed by atoms with E-state index in [1.165, 1.54) is 32.1 Å². The van der Waals surface area contributed by atoms with Crippen molar-refractivity contribution < 1.29 is 9.47 Å². The molecule has 0 amide bonds. The summed E-state index contributed by atoms with van der Waals surface area (Å²) in [6.07, 6.45) is 7.75. The lowest BCUT2D eigenvalue weighted by molar-refractivity contribution is -0.148. The molecular weight excluding hydrogens is 252 g/mol. The molecule has 0 bridgehead atoms. The highest BCUT2D eigenvalue weighted by atomic mass is 28.3. The number of hydrogen-bond donors (Lipinski definition) is 0. The highest BCUT2D eigenvalue weighted by Gasteiger charge is 2.32. The predicted octanol–water partition coefficient (Wildman–Crippen LogP) is 4.52. The van der Waals surface area contributed by atoms with Crippen LogP contribution in [-0.2, 0) is 9.47 Å². The van der Waals surface area contributed by atoms with Gasteiger partial charge in [0.25, 0.3) is 0 Å². The lowest BCUT2D eigenvalue weighted by atomic mass is 9.81. The molecule has 0 spiro atoms. The standard InChI is InChI=1S/C16H30O2Si/c1-16(17-11-12-18-16)10-9-14-7-5-6-8-15(14)13-19(2,3)4/h13-14H,5-12H2,1-4H3/b15-13+. The van der Waals surface area contributed by atoms with Gasteiger partial charge in [-0.2, -0.15) is 0 Å². The smallest absolute Gasteiger partial charge is 0.165 e. The highest BCUT2D eigenvalue weighted by Crippen LogP contribution is 2.36. The SMILES string of the molecule is CC1(CCC2CCCC/C2=C\[Si](C)(C)C)OCCO1. The topological polar surface area (TPSA) is 18.5 Å². The molecule has 2 rings (SSSR count). The van der Waals surface area contributed by atoms with Gasteiger partial charge in [0.15, 0.2) is 5.79 Å². The fourth-order valence-electron chi connectivity index (χ4n) is 3.32. The maximum absolute atomic E-state index is 5.73. The van der Waals surface area contributed by atoms with E-state index < -0.39 is 8.07 Å². The van der Waals surface area contributed by atoms with E-state index in [9.17, 15) is 0 Å². The van der Waals surface area contributed by atoms with Crippen molar-refractivity contribution in [1.29, 1.82) is 0 Å². The molecule has 0 N–H and O–H groups in total. The molecule has 1 heterocycles. The lowest BCUT2D eigenvalue weighted by Crippen LogP contribution is -2.27. The van der Waals surface area contributed by atoms with Crippen LogP contribution < -0.4 is 0 Å². The largest absolute Gasteiger partial charge is 0.348 e. The number of hydrogen-bond acceptors (Lipinski definition) is 2. The zero-order chi connectivity index (χ0) is 13.9. The van der Waals surface area contributed by atoms with Gasteiger partial charge < -0.3 is 9.47 Å². The summed E-state index contributed by atoms with van der Waals surface area (Å²) in [5.74, 6) is 0.479. The molecular formula is C16H30O2Si. The third-order valence-electron chi connectivity index (χ3n) is 4.26. The number of ether oxygens (including phenoxy) is 2. The van der Waals surface area contributed by atoms with Gasteiger partial charge in [-0.25, -0.2) is 0 Å². The highest BCUT2D eigenvalue weighted by molar-refractivity contribution is 6.81. The second-order valence-electron chi connectivity index (χ2n) is 7.40. The van der Waals surface area contributed by atoms with Gasteiger partial charge in [-0.15, -0.1) is 0 Å². The molecule has 3 heteroatoms. The first kappa shape index (κ1) is 15.3. The van der Waals surface area contributed by atoms with Crippen LogP contribution in [0.4, 0.5) is 0 Å². The van der Waals surface area contributed by atoms with Gasteiger partial charge in [0, 0.05) is 6.42 Å². The summed E-state index contributed by atoms with van der Waals surface area (Å²) in [7, 11) is -1.09. The second kappa shape index (κ2) is 6.11. The normalized spacial score (nSPS) is 29.9. The van der Waals surface area contributed by atoms with E-state index in [2.05, 4.69) is 32.3 Å². The minimum absolute atomic E-state index is 0.304. The van der Waals surface area contributed by atoms with Gasteiger partial charge in [-0.05, 0) is 38.5 Å². The van der Waals surface area contributed by atoms with Crippen molar-refractivity contribution in [3.05, 3.63) is 11.3 Å². The molecule has 1 unspecified atom stereocenters. The average Bonchev–Trinajstić information content (AvgIpc) is 2.74. The molecule has 0 aromatic rings. The Labute approximate surface area is 119 Å². The Bertz CT molecular complexity index is 324. The predicted molar refractivity (Wildman–Crippen MR) is 82.9 cm³/mol. The summed E-state index contributed by atoms with van der Waals surface area (Å²) in [5.41, 5.74) is 4.39. The van der Waals surface area contributed by atoms with Crippen LogP contribution in [0.5, 0.6) is 0 Å². The molecule has 1 aliphatic carbocycles. The summed E-state index contributed by atoms with van der Waals surface area (Å²) in [6.45, 7) is 10.9. The summed E-state index contributed by atoms with van der Waals surface area (Å²) in [6, 6.07) is 0. The van der Waals surface area contributed by atoms with Crippen LogP contribution in [0, 0.1) is 5.92 Å². The van der Waals surface area contributed by atoms with Crippen molar-refractivity contribution in [2.24, 2.45) is 5.92 Å². The van der Waals surface area contributed by atoms with Crippen LogP contribution in [0.25, 0.3) is 0 Å². The van der Waals surface area contributed by atoms with Crippen molar-refractivity contribution >= 4 is 8.07 Å². The van der Waals surface area contributed by atoms with Crippen LogP contribution in [0.1, 0.15) is 45.4 Å². The second-order valence-corrected chi connectivity index (χ2v) is 12.4. The molecule has 2 nitrogen and oxygen atoms in total. The van der Waals surface area contributed by atoms with E-state index in [-0.39, 0.29) is 5.79 Å². The third-order valence-corrected chi connectivity index (χ3v) is 5.49. The van der Waals surface area contributed by atoms with E-state index in [4.69, 9.17) is 9.47 Å². The van der Waals surface area contributed by atoms with Crippen molar-refractivity contribution in [2.75, 3.05) is 13.2 Å². The molecule has 1 atom stereocenters. The quantitative estimate of drug-likeness (QED) is 0.706. The van der Waals surface area contributed by atoms with Crippen molar-refractivity contribution in [1.82, 2.24) is 0 Å². The number of allylic oxidation sites excluding steroid dienone is 1. The van der Waals surface area contributed by atoms with Gasteiger partial charge >= 0.3 is 0 Å². The van der Waals surface area contributed by atoms with Gasteiger partial charge in [-0.3, -0.25) is 0 Å². The van der Waals surface area contributed by atoms with Crippen molar-refractivity contribution in [2.45, 2.75) is 70.9 Å². The minimum atomic E-state index is -1.09.